The number of carboxylic acid groups (broad SMARTS) is 1. The number of alkyl halides is 6. The number of nitrogens with zero attached hydrogens (tertiary/aromatic N) is 4. The lowest BCUT2D eigenvalue weighted by Gasteiger charge is -2.46. The number of aryl methyl sites for hydroxylation is 1. The van der Waals surface area contributed by atoms with E-state index in [-0.39, 0.29) is 35.2 Å². The zero-order valence-electron chi connectivity index (χ0n) is 25.4. The summed E-state index contributed by atoms with van der Waals surface area (Å²) in [6.07, 6.45) is -9.70. The smallest absolute Gasteiger partial charge is 0.416 e. The predicted molar refractivity (Wildman–Crippen MR) is 157 cm³/mol. The fourth-order valence-electron chi connectivity index (χ4n) is 5.51. The molecule has 1 fully saturated rings. The van der Waals surface area contributed by atoms with Gasteiger partial charge in [-0.25, -0.2) is 9.78 Å². The number of carbonyl (C=O) groups is 2. The molecule has 1 aliphatic rings. The number of piperazine rings is 1. The lowest BCUT2D eigenvalue weighted by molar-refractivity contribution is -0.143. The van der Waals surface area contributed by atoms with E-state index in [0.717, 1.165) is 10.5 Å². The number of rotatable bonds is 5. The van der Waals surface area contributed by atoms with Crippen LogP contribution in [0.2, 0.25) is 0 Å². The van der Waals surface area contributed by atoms with Gasteiger partial charge in [-0.05, 0) is 58.9 Å². The first-order valence-electron chi connectivity index (χ1n) is 14.1. The van der Waals surface area contributed by atoms with Gasteiger partial charge in [0.05, 0.1) is 22.7 Å². The van der Waals surface area contributed by atoms with Crippen LogP contribution in [-0.4, -0.2) is 64.6 Å². The number of anilines is 1. The lowest BCUT2D eigenvalue weighted by Crippen LogP contribution is -2.59. The Labute approximate surface area is 257 Å². The molecule has 0 bridgehead atoms. The van der Waals surface area contributed by atoms with Crippen LogP contribution in [0, 0.1) is 12.3 Å². The summed E-state index contributed by atoms with van der Waals surface area (Å²) in [5.74, 6) is -0.152. The maximum Gasteiger partial charge on any atom is 0.416 e. The molecule has 0 spiro atoms. The summed E-state index contributed by atoms with van der Waals surface area (Å²) in [6.45, 7) is 8.10. The fourth-order valence-corrected chi connectivity index (χ4v) is 5.51. The molecule has 0 aliphatic carbocycles. The van der Waals surface area contributed by atoms with Crippen molar-refractivity contribution in [2.24, 2.45) is 5.41 Å². The second kappa shape index (κ2) is 12.2. The zero-order chi connectivity index (χ0) is 33.5. The Balaban J connectivity index is 1.72. The third-order valence-corrected chi connectivity index (χ3v) is 7.92. The average molecular weight is 637 g/mol. The van der Waals surface area contributed by atoms with E-state index in [4.69, 9.17) is 0 Å². The molecular weight excluding hydrogens is 602 g/mol. The molecule has 13 heteroatoms. The Hall–Kier alpha value is -4.29. The van der Waals surface area contributed by atoms with Crippen molar-refractivity contribution < 1.29 is 41.0 Å². The van der Waals surface area contributed by atoms with Gasteiger partial charge < -0.3 is 19.8 Å². The van der Waals surface area contributed by atoms with E-state index in [1.54, 1.807) is 18.2 Å². The Kier molecular flexibility index (Phi) is 9.14. The van der Waals surface area contributed by atoms with Crippen molar-refractivity contribution in [3.05, 3.63) is 82.5 Å². The maximum atomic E-state index is 13.8. The third kappa shape index (κ3) is 7.51. The number of hydrogen-bond donors (Lipinski definition) is 1. The number of hydrogen-bond acceptors (Lipinski definition) is 4. The number of benzene rings is 2. The van der Waals surface area contributed by atoms with Gasteiger partial charge in [-0.3, -0.25) is 4.79 Å². The van der Waals surface area contributed by atoms with E-state index in [9.17, 15) is 41.0 Å². The van der Waals surface area contributed by atoms with Crippen LogP contribution < -0.4 is 4.90 Å². The highest BCUT2D eigenvalue weighted by atomic mass is 19.4. The van der Waals surface area contributed by atoms with Gasteiger partial charge in [-0.15, -0.1) is 0 Å². The van der Waals surface area contributed by atoms with Crippen molar-refractivity contribution in [2.45, 2.75) is 52.6 Å². The van der Waals surface area contributed by atoms with Gasteiger partial charge in [0.2, 0.25) is 0 Å². The minimum absolute atomic E-state index is 0.0464. The normalized spacial score (nSPS) is 16.1. The number of aromatic nitrogens is 1. The van der Waals surface area contributed by atoms with E-state index in [0.29, 0.717) is 42.2 Å². The largest absolute Gasteiger partial charge is 0.465 e. The van der Waals surface area contributed by atoms with Crippen molar-refractivity contribution in [2.75, 3.05) is 31.6 Å². The molecule has 1 saturated heterocycles. The quantitative estimate of drug-likeness (QED) is 0.292. The van der Waals surface area contributed by atoms with Crippen molar-refractivity contribution in [1.82, 2.24) is 14.8 Å². The highest BCUT2D eigenvalue weighted by Crippen LogP contribution is 2.37. The van der Waals surface area contributed by atoms with E-state index < -0.39 is 42.0 Å². The molecule has 1 atom stereocenters. The Morgan fingerprint density at radius 2 is 1.53 bits per heavy atom. The molecule has 1 aromatic heterocycles. The van der Waals surface area contributed by atoms with Gasteiger partial charge in [0.25, 0.3) is 5.91 Å². The lowest BCUT2D eigenvalue weighted by atomic mass is 9.84. The third-order valence-electron chi connectivity index (χ3n) is 7.92. The molecule has 1 N–H and O–H groups in total. The Morgan fingerprint density at radius 1 is 0.933 bits per heavy atom. The minimum Gasteiger partial charge on any atom is -0.465 e. The second-order valence-corrected chi connectivity index (χ2v) is 12.3. The summed E-state index contributed by atoms with van der Waals surface area (Å²) in [5, 5.41) is 9.76. The Morgan fingerprint density at radius 3 is 2.07 bits per heavy atom. The first-order valence-corrected chi connectivity index (χ1v) is 14.1. The summed E-state index contributed by atoms with van der Waals surface area (Å²) in [6, 6.07) is 9.85. The number of amides is 2. The van der Waals surface area contributed by atoms with Crippen LogP contribution in [0.4, 0.5) is 37.0 Å². The van der Waals surface area contributed by atoms with E-state index in [1.807, 2.05) is 44.7 Å². The molecule has 3 aromatic rings. The van der Waals surface area contributed by atoms with E-state index in [1.165, 1.54) is 18.1 Å². The molecule has 242 valence electrons. The van der Waals surface area contributed by atoms with Gasteiger partial charge in [-0.1, -0.05) is 45.0 Å². The van der Waals surface area contributed by atoms with Crippen molar-refractivity contribution >= 4 is 17.8 Å². The average Bonchev–Trinajstić information content (AvgIpc) is 2.95. The predicted octanol–water partition coefficient (Wildman–Crippen LogP) is 7.58. The molecular formula is C32H34F6N4O3. The topological polar surface area (TPSA) is 77.0 Å². The van der Waals surface area contributed by atoms with Crippen LogP contribution in [0.3, 0.4) is 0 Å². The van der Waals surface area contributed by atoms with Gasteiger partial charge in [0, 0.05) is 39.4 Å². The zero-order valence-corrected chi connectivity index (χ0v) is 25.4. The standard InChI is InChI=1S/C32H34F6N4O3/c1-19-8-6-7-9-23(19)24-15-27(41-10-11-42(29(44)45)26(18-41)30(2,3)4)39-16-25(24)28(43)40(5)17-20-12-21(31(33,34)35)14-22(13-20)32(36,37)38/h6-9,12-16,26H,10-11,17-18H2,1-5H3,(H,44,45). The minimum atomic E-state index is -5.02. The summed E-state index contributed by atoms with van der Waals surface area (Å²) in [4.78, 5) is 34.6. The van der Waals surface area contributed by atoms with Crippen LogP contribution in [0.25, 0.3) is 11.1 Å². The van der Waals surface area contributed by atoms with Gasteiger partial charge in [0.15, 0.2) is 0 Å². The second-order valence-electron chi connectivity index (χ2n) is 12.3. The monoisotopic (exact) mass is 636 g/mol. The van der Waals surface area contributed by atoms with Crippen molar-refractivity contribution in [3.8, 4) is 11.1 Å². The number of carbonyl (C=O) groups excluding carboxylic acids is 1. The molecule has 45 heavy (non-hydrogen) atoms. The maximum absolute atomic E-state index is 13.8. The van der Waals surface area contributed by atoms with Crippen LogP contribution >= 0.6 is 0 Å². The van der Waals surface area contributed by atoms with Crippen molar-refractivity contribution in [3.63, 3.8) is 0 Å². The van der Waals surface area contributed by atoms with E-state index >= 15 is 0 Å². The first-order chi connectivity index (χ1) is 20.8. The molecule has 0 radical (unpaired) electrons. The fraction of sp³-hybridized carbons (Fsp3) is 0.406. The van der Waals surface area contributed by atoms with Crippen LogP contribution in [0.1, 0.15) is 53.4 Å². The molecule has 1 aliphatic heterocycles. The highest BCUT2D eigenvalue weighted by Gasteiger charge is 2.39. The molecule has 2 amide bonds. The number of halogens is 6. The molecule has 7 nitrogen and oxygen atoms in total. The van der Waals surface area contributed by atoms with Gasteiger partial charge >= 0.3 is 18.4 Å². The molecule has 2 heterocycles. The van der Waals surface area contributed by atoms with Gasteiger partial charge in [-0.2, -0.15) is 26.3 Å². The molecule has 0 saturated carbocycles. The van der Waals surface area contributed by atoms with Gasteiger partial charge in [0.1, 0.15) is 5.82 Å². The SMILES string of the molecule is Cc1ccccc1-c1cc(N2CCN(C(=O)O)C(C(C)(C)C)C2)ncc1C(=O)N(C)Cc1cc(C(F)(F)F)cc(C(F)(F)F)c1. The molecule has 4 rings (SSSR count). The Bertz CT molecular complexity index is 1550. The first kappa shape index (κ1) is 33.6. The summed E-state index contributed by atoms with van der Waals surface area (Å²) >= 11 is 0. The van der Waals surface area contributed by atoms with Crippen molar-refractivity contribution in [1.29, 1.82) is 0 Å². The van der Waals surface area contributed by atoms with Crippen LogP contribution in [0.15, 0.2) is 54.7 Å². The van der Waals surface area contributed by atoms with E-state index in [2.05, 4.69) is 4.98 Å². The molecule has 1 unspecified atom stereocenters. The van der Waals surface area contributed by atoms with Crippen LogP contribution in [-0.2, 0) is 18.9 Å². The highest BCUT2D eigenvalue weighted by molar-refractivity contribution is 6.01. The molecule has 2 aromatic carbocycles. The summed E-state index contributed by atoms with van der Waals surface area (Å²) in [7, 11) is 1.30. The van der Waals surface area contributed by atoms with Crippen LogP contribution in [0.5, 0.6) is 0 Å². The summed E-state index contributed by atoms with van der Waals surface area (Å²) < 4.78 is 80.6. The summed E-state index contributed by atoms with van der Waals surface area (Å²) in [5.41, 5.74) is -1.55. The number of pyridine rings is 1.